The summed E-state index contributed by atoms with van der Waals surface area (Å²) in [5.41, 5.74) is 0.669. The van der Waals surface area contributed by atoms with Crippen molar-refractivity contribution in [1.29, 1.82) is 0 Å². The van der Waals surface area contributed by atoms with Crippen LogP contribution in [-0.4, -0.2) is 27.2 Å². The van der Waals surface area contributed by atoms with Crippen LogP contribution in [0.25, 0.3) is 0 Å². The predicted molar refractivity (Wildman–Crippen MR) is 68.2 cm³/mol. The molecular formula is C11H14N2O4S. The SMILES string of the molecule is C/C=C\C=C(/C)C1=NS(=O)(=O)NC(C(=O)OC)=C1. The van der Waals surface area contributed by atoms with E-state index in [1.54, 1.807) is 25.2 Å². The number of methoxy groups -OCH3 is 1. The Balaban J connectivity index is 3.21. The van der Waals surface area contributed by atoms with Crippen molar-refractivity contribution in [3.05, 3.63) is 35.6 Å². The maximum atomic E-state index is 11.5. The molecule has 0 aromatic carbocycles. The monoisotopic (exact) mass is 270 g/mol. The number of carbonyl (C=O) groups is 1. The Morgan fingerprint density at radius 2 is 2.17 bits per heavy atom. The van der Waals surface area contributed by atoms with E-state index >= 15 is 0 Å². The highest BCUT2D eigenvalue weighted by Gasteiger charge is 2.23. The fourth-order valence-electron chi connectivity index (χ4n) is 1.21. The maximum absolute atomic E-state index is 11.5. The Morgan fingerprint density at radius 3 is 2.72 bits per heavy atom. The number of rotatable bonds is 3. The molecule has 0 spiro atoms. The average molecular weight is 270 g/mol. The van der Waals surface area contributed by atoms with Gasteiger partial charge in [0, 0.05) is 0 Å². The predicted octanol–water partition coefficient (Wildman–Crippen LogP) is 0.855. The third-order valence-electron chi connectivity index (χ3n) is 2.09. The molecule has 18 heavy (non-hydrogen) atoms. The zero-order valence-corrected chi connectivity index (χ0v) is 11.1. The Kier molecular flexibility index (Phi) is 4.43. The van der Waals surface area contributed by atoms with Crippen LogP contribution in [0.4, 0.5) is 0 Å². The van der Waals surface area contributed by atoms with Crippen LogP contribution in [0.5, 0.6) is 0 Å². The summed E-state index contributed by atoms with van der Waals surface area (Å²) in [6.45, 7) is 3.53. The van der Waals surface area contributed by atoms with Gasteiger partial charge in [-0.15, -0.1) is 4.40 Å². The molecule has 0 radical (unpaired) electrons. The molecule has 1 rings (SSSR count). The molecule has 0 saturated heterocycles. The van der Waals surface area contributed by atoms with Gasteiger partial charge in [-0.1, -0.05) is 18.2 Å². The van der Waals surface area contributed by atoms with Crippen LogP contribution < -0.4 is 4.72 Å². The van der Waals surface area contributed by atoms with Crippen LogP contribution >= 0.6 is 0 Å². The van der Waals surface area contributed by atoms with E-state index in [0.717, 1.165) is 0 Å². The lowest BCUT2D eigenvalue weighted by Crippen LogP contribution is -2.31. The van der Waals surface area contributed by atoms with Gasteiger partial charge in [0.25, 0.3) is 0 Å². The Hall–Kier alpha value is -1.89. The van der Waals surface area contributed by atoms with Gasteiger partial charge in [-0.25, -0.2) is 4.79 Å². The summed E-state index contributed by atoms with van der Waals surface area (Å²) < 4.78 is 33.0. The van der Waals surface area contributed by atoms with Crippen LogP contribution in [0.15, 0.2) is 40.0 Å². The average Bonchev–Trinajstić information content (AvgIpc) is 2.32. The molecule has 1 heterocycles. The van der Waals surface area contributed by atoms with Gasteiger partial charge in [0.15, 0.2) is 0 Å². The smallest absolute Gasteiger partial charge is 0.355 e. The van der Waals surface area contributed by atoms with E-state index in [1.165, 1.54) is 13.2 Å². The summed E-state index contributed by atoms with van der Waals surface area (Å²) in [6.07, 6.45) is 6.58. The van der Waals surface area contributed by atoms with Crippen LogP contribution in [0.2, 0.25) is 0 Å². The Labute approximate surface area is 106 Å². The highest BCUT2D eigenvalue weighted by molar-refractivity contribution is 7.88. The first-order valence-corrected chi connectivity index (χ1v) is 6.56. The van der Waals surface area contributed by atoms with Crippen LogP contribution in [0.3, 0.4) is 0 Å². The van der Waals surface area contributed by atoms with E-state index < -0.39 is 16.2 Å². The molecular weight excluding hydrogens is 256 g/mol. The van der Waals surface area contributed by atoms with Crippen LogP contribution in [0.1, 0.15) is 13.8 Å². The van der Waals surface area contributed by atoms with E-state index in [0.29, 0.717) is 5.57 Å². The number of allylic oxidation sites excluding steroid dienone is 5. The number of nitrogens with zero attached hydrogens (tertiary/aromatic N) is 1. The topological polar surface area (TPSA) is 84.8 Å². The van der Waals surface area contributed by atoms with Gasteiger partial charge < -0.3 is 4.74 Å². The van der Waals surface area contributed by atoms with Crippen LogP contribution in [0, 0.1) is 0 Å². The van der Waals surface area contributed by atoms with Crippen molar-refractivity contribution in [3.63, 3.8) is 0 Å². The molecule has 6 nitrogen and oxygen atoms in total. The Morgan fingerprint density at radius 1 is 1.50 bits per heavy atom. The fraction of sp³-hybridized carbons (Fsp3) is 0.273. The zero-order valence-electron chi connectivity index (χ0n) is 10.3. The first-order chi connectivity index (χ1) is 8.39. The highest BCUT2D eigenvalue weighted by Crippen LogP contribution is 2.11. The quantitative estimate of drug-likeness (QED) is 0.608. The van der Waals surface area contributed by atoms with E-state index in [4.69, 9.17) is 0 Å². The molecule has 0 fully saturated rings. The summed E-state index contributed by atoms with van der Waals surface area (Å²) in [5.74, 6) is -0.759. The number of hydrogen-bond acceptors (Lipinski definition) is 4. The highest BCUT2D eigenvalue weighted by atomic mass is 32.2. The molecule has 7 heteroatoms. The fourth-order valence-corrected chi connectivity index (χ4v) is 2.13. The second-order valence-electron chi connectivity index (χ2n) is 3.48. The van der Waals surface area contributed by atoms with E-state index in [2.05, 4.69) is 9.13 Å². The second-order valence-corrected chi connectivity index (χ2v) is 4.82. The molecule has 98 valence electrons. The minimum absolute atomic E-state index is 0.157. The van der Waals surface area contributed by atoms with E-state index in [9.17, 15) is 13.2 Å². The number of esters is 1. The van der Waals surface area contributed by atoms with Crippen molar-refractivity contribution in [1.82, 2.24) is 4.72 Å². The van der Waals surface area contributed by atoms with Gasteiger partial charge in [0.05, 0.1) is 12.8 Å². The van der Waals surface area contributed by atoms with Crippen molar-refractivity contribution in [2.75, 3.05) is 7.11 Å². The third kappa shape index (κ3) is 3.56. The largest absolute Gasteiger partial charge is 0.464 e. The normalized spacial score (nSPS) is 18.9. The molecule has 0 aliphatic carbocycles. The molecule has 1 aliphatic rings. The standard InChI is InChI=1S/C11H14N2O4S/c1-4-5-6-8(2)9-7-10(11(14)17-3)13-18(15,16)12-9/h4-7,13H,1-3H3/b5-4-,8-6+. The van der Waals surface area contributed by atoms with Crippen molar-refractivity contribution in [2.45, 2.75) is 13.8 Å². The molecule has 0 atom stereocenters. The van der Waals surface area contributed by atoms with Gasteiger partial charge >= 0.3 is 16.2 Å². The minimum atomic E-state index is -3.90. The second kappa shape index (κ2) is 5.63. The van der Waals surface area contributed by atoms with Gasteiger partial charge in [-0.05, 0) is 25.5 Å². The van der Waals surface area contributed by atoms with E-state index in [1.807, 2.05) is 11.6 Å². The Bertz CT molecular complexity index is 568. The van der Waals surface area contributed by atoms with Crippen molar-refractivity contribution in [3.8, 4) is 0 Å². The van der Waals surface area contributed by atoms with Crippen molar-refractivity contribution >= 4 is 21.9 Å². The lowest BCUT2D eigenvalue weighted by Gasteiger charge is -2.13. The zero-order chi connectivity index (χ0) is 13.8. The molecule has 0 unspecified atom stereocenters. The molecule has 1 aliphatic heterocycles. The molecule has 0 amide bonds. The minimum Gasteiger partial charge on any atom is -0.464 e. The van der Waals surface area contributed by atoms with Gasteiger partial charge in [-0.2, -0.15) is 8.42 Å². The summed E-state index contributed by atoms with van der Waals surface area (Å²) in [4.78, 5) is 11.3. The molecule has 0 aromatic rings. The molecule has 1 N–H and O–H groups in total. The first-order valence-electron chi connectivity index (χ1n) is 5.12. The van der Waals surface area contributed by atoms with Crippen molar-refractivity contribution in [2.24, 2.45) is 4.40 Å². The number of hydrogen-bond donors (Lipinski definition) is 1. The van der Waals surface area contributed by atoms with Gasteiger partial charge in [-0.3, -0.25) is 4.72 Å². The molecule has 0 bridgehead atoms. The summed E-state index contributed by atoms with van der Waals surface area (Å²) in [6, 6.07) is 0. The maximum Gasteiger partial charge on any atom is 0.355 e. The van der Waals surface area contributed by atoms with Crippen LogP contribution in [-0.2, 0) is 19.7 Å². The number of nitrogens with one attached hydrogen (secondary N) is 1. The van der Waals surface area contributed by atoms with Gasteiger partial charge in [0.2, 0.25) is 0 Å². The summed E-state index contributed by atoms with van der Waals surface area (Å²) in [7, 11) is -2.73. The summed E-state index contributed by atoms with van der Waals surface area (Å²) in [5, 5.41) is 0. The first kappa shape index (κ1) is 14.2. The molecule has 0 aromatic heterocycles. The lowest BCUT2D eigenvalue weighted by atomic mass is 10.1. The van der Waals surface area contributed by atoms with Crippen molar-refractivity contribution < 1.29 is 17.9 Å². The number of carbonyl (C=O) groups excluding carboxylic acids is 1. The molecule has 0 saturated carbocycles. The lowest BCUT2D eigenvalue weighted by molar-refractivity contribution is -0.136. The number of ether oxygens (including phenoxy) is 1. The van der Waals surface area contributed by atoms with E-state index in [-0.39, 0.29) is 11.4 Å². The summed E-state index contributed by atoms with van der Waals surface area (Å²) >= 11 is 0. The van der Waals surface area contributed by atoms with Gasteiger partial charge in [0.1, 0.15) is 5.70 Å². The third-order valence-corrected chi connectivity index (χ3v) is 3.00.